The van der Waals surface area contributed by atoms with Gasteiger partial charge in [-0.2, -0.15) is 0 Å². The normalized spacial score (nSPS) is 12.7. The maximum absolute atomic E-state index is 13.3. The Hall–Kier alpha value is -2.06. The molecule has 9 heteroatoms. The molecule has 2 aromatic carbocycles. The van der Waals surface area contributed by atoms with Gasteiger partial charge in [-0.15, -0.1) is 12.4 Å². The molecule has 0 aliphatic carbocycles. The zero-order chi connectivity index (χ0) is 19.7. The minimum absolute atomic E-state index is 0. The summed E-state index contributed by atoms with van der Waals surface area (Å²) in [5.74, 6) is 1.14. The Morgan fingerprint density at radius 3 is 2.62 bits per heavy atom. The summed E-state index contributed by atoms with van der Waals surface area (Å²) in [5, 5.41) is 1.31. The molecule has 3 aromatic rings. The largest absolute Gasteiger partial charge is 0.486 e. The first-order valence-electron chi connectivity index (χ1n) is 8.93. The van der Waals surface area contributed by atoms with Gasteiger partial charge >= 0.3 is 0 Å². The van der Waals surface area contributed by atoms with Crippen LogP contribution in [0.15, 0.2) is 36.4 Å². The number of hydrogen-bond donors (Lipinski definition) is 0. The van der Waals surface area contributed by atoms with E-state index in [0.29, 0.717) is 53.5 Å². The molecule has 2 heterocycles. The van der Waals surface area contributed by atoms with E-state index in [-0.39, 0.29) is 18.3 Å². The number of rotatable bonds is 5. The quantitative estimate of drug-likeness (QED) is 0.574. The third-order valence-corrected chi connectivity index (χ3v) is 5.65. The van der Waals surface area contributed by atoms with E-state index < -0.39 is 0 Å². The molecule has 0 saturated carbocycles. The molecule has 1 aliphatic heterocycles. The molecule has 6 nitrogen and oxygen atoms in total. The van der Waals surface area contributed by atoms with Gasteiger partial charge in [0.05, 0.1) is 10.2 Å². The predicted molar refractivity (Wildman–Crippen MR) is 120 cm³/mol. The van der Waals surface area contributed by atoms with Crippen molar-refractivity contribution in [3.8, 4) is 11.5 Å². The smallest absolute Gasteiger partial charge is 0.260 e. The summed E-state index contributed by atoms with van der Waals surface area (Å²) in [7, 11) is 3.95. The van der Waals surface area contributed by atoms with Crippen LogP contribution in [-0.4, -0.2) is 56.2 Å². The van der Waals surface area contributed by atoms with Gasteiger partial charge in [0.2, 0.25) is 0 Å². The van der Waals surface area contributed by atoms with Crippen molar-refractivity contribution in [3.05, 3.63) is 47.0 Å². The Bertz CT molecular complexity index is 1030. The number of nitrogens with zero attached hydrogens (tertiary/aromatic N) is 3. The average molecular weight is 454 g/mol. The number of halogens is 2. The van der Waals surface area contributed by atoms with E-state index in [1.165, 1.54) is 11.3 Å². The van der Waals surface area contributed by atoms with Crippen LogP contribution in [0.3, 0.4) is 0 Å². The van der Waals surface area contributed by atoms with Crippen LogP contribution in [0, 0.1) is 0 Å². The summed E-state index contributed by atoms with van der Waals surface area (Å²) in [4.78, 5) is 21.7. The number of anilines is 1. The average Bonchev–Trinajstić information content (AvgIpc) is 3.10. The first kappa shape index (κ1) is 21.6. The van der Waals surface area contributed by atoms with Crippen LogP contribution < -0.4 is 14.4 Å². The van der Waals surface area contributed by atoms with E-state index in [9.17, 15) is 4.79 Å². The van der Waals surface area contributed by atoms with E-state index in [1.54, 1.807) is 29.2 Å². The van der Waals surface area contributed by atoms with Gasteiger partial charge in [0.1, 0.15) is 13.2 Å². The molecule has 4 rings (SSSR count). The van der Waals surface area contributed by atoms with Gasteiger partial charge in [0.15, 0.2) is 16.6 Å². The standard InChI is InChI=1S/C20H20ClN3O3S.ClH/c1-23(2)7-8-24(20-22-15-5-4-14(21)12-18(15)28-20)19(25)13-3-6-16-17(11-13)27-10-9-26-16;/h3-6,11-12H,7-10H2,1-2H3;1H. The highest BCUT2D eigenvalue weighted by atomic mass is 35.5. The van der Waals surface area contributed by atoms with E-state index in [1.807, 2.05) is 31.1 Å². The van der Waals surface area contributed by atoms with Crippen LogP contribution in [0.5, 0.6) is 11.5 Å². The summed E-state index contributed by atoms with van der Waals surface area (Å²) in [6.45, 7) is 2.23. The lowest BCUT2D eigenvalue weighted by atomic mass is 10.1. The minimum Gasteiger partial charge on any atom is -0.486 e. The number of fused-ring (bicyclic) bond motifs is 2. The molecule has 1 amide bonds. The van der Waals surface area contributed by atoms with E-state index in [4.69, 9.17) is 21.1 Å². The molecule has 0 fully saturated rings. The fourth-order valence-electron chi connectivity index (χ4n) is 2.92. The van der Waals surface area contributed by atoms with Crippen molar-refractivity contribution >= 4 is 56.6 Å². The molecular formula is C20H21Cl2N3O3S. The third kappa shape index (κ3) is 4.75. The maximum Gasteiger partial charge on any atom is 0.260 e. The molecule has 0 unspecified atom stereocenters. The van der Waals surface area contributed by atoms with Crippen molar-refractivity contribution in [2.45, 2.75) is 0 Å². The topological polar surface area (TPSA) is 54.9 Å². The van der Waals surface area contributed by atoms with Gasteiger partial charge in [-0.3, -0.25) is 9.69 Å². The predicted octanol–water partition coefficient (Wildman–Crippen LogP) is 4.35. The van der Waals surface area contributed by atoms with E-state index >= 15 is 0 Å². The van der Waals surface area contributed by atoms with Crippen molar-refractivity contribution in [2.24, 2.45) is 0 Å². The molecule has 0 N–H and O–H groups in total. The Morgan fingerprint density at radius 2 is 1.86 bits per heavy atom. The Labute approximate surface area is 184 Å². The van der Waals surface area contributed by atoms with Crippen LogP contribution in [0.2, 0.25) is 5.02 Å². The molecule has 0 atom stereocenters. The minimum atomic E-state index is -0.121. The van der Waals surface area contributed by atoms with Crippen molar-refractivity contribution < 1.29 is 14.3 Å². The molecule has 0 bridgehead atoms. The number of carbonyl (C=O) groups is 1. The molecule has 1 aromatic heterocycles. The second-order valence-corrected chi connectivity index (χ2v) is 8.17. The van der Waals surface area contributed by atoms with Crippen LogP contribution in [0.4, 0.5) is 5.13 Å². The zero-order valence-corrected chi connectivity index (χ0v) is 18.4. The molecule has 0 radical (unpaired) electrons. The number of aromatic nitrogens is 1. The van der Waals surface area contributed by atoms with Crippen LogP contribution >= 0.6 is 35.3 Å². The molecule has 1 aliphatic rings. The Kier molecular flexibility index (Phi) is 6.85. The summed E-state index contributed by atoms with van der Waals surface area (Å²) in [6.07, 6.45) is 0. The number of benzene rings is 2. The highest BCUT2D eigenvalue weighted by molar-refractivity contribution is 7.22. The second-order valence-electron chi connectivity index (χ2n) is 6.73. The van der Waals surface area contributed by atoms with Gasteiger partial charge in [0.25, 0.3) is 5.91 Å². The van der Waals surface area contributed by atoms with Gasteiger partial charge in [-0.05, 0) is 50.5 Å². The number of thiazole rings is 1. The summed E-state index contributed by atoms with van der Waals surface area (Å²) < 4.78 is 12.1. The molecule has 0 spiro atoms. The lowest BCUT2D eigenvalue weighted by Crippen LogP contribution is -2.36. The summed E-state index contributed by atoms with van der Waals surface area (Å²) >= 11 is 7.56. The Balaban J connectivity index is 0.00000240. The van der Waals surface area contributed by atoms with Gasteiger partial charge in [0, 0.05) is 23.7 Å². The van der Waals surface area contributed by atoms with Crippen LogP contribution in [-0.2, 0) is 0 Å². The number of ether oxygens (including phenoxy) is 2. The lowest BCUT2D eigenvalue weighted by molar-refractivity contribution is 0.0984. The van der Waals surface area contributed by atoms with Gasteiger partial charge in [-0.1, -0.05) is 22.9 Å². The summed E-state index contributed by atoms with van der Waals surface area (Å²) in [6, 6.07) is 10.8. The maximum atomic E-state index is 13.3. The SMILES string of the molecule is CN(C)CCN(C(=O)c1ccc2c(c1)OCCO2)c1nc2ccc(Cl)cc2s1.Cl. The molecular weight excluding hydrogens is 433 g/mol. The van der Waals surface area contributed by atoms with Gasteiger partial charge < -0.3 is 14.4 Å². The van der Waals surface area contributed by atoms with Crippen molar-refractivity contribution in [2.75, 3.05) is 45.3 Å². The first-order valence-corrected chi connectivity index (χ1v) is 10.1. The van der Waals surface area contributed by atoms with Crippen LogP contribution in [0.1, 0.15) is 10.4 Å². The molecule has 29 heavy (non-hydrogen) atoms. The Morgan fingerprint density at radius 1 is 1.10 bits per heavy atom. The van der Waals surface area contributed by atoms with Crippen molar-refractivity contribution in [1.29, 1.82) is 0 Å². The highest BCUT2D eigenvalue weighted by Gasteiger charge is 2.23. The lowest BCUT2D eigenvalue weighted by Gasteiger charge is -2.23. The van der Waals surface area contributed by atoms with Crippen molar-refractivity contribution in [1.82, 2.24) is 9.88 Å². The second kappa shape index (κ2) is 9.17. The third-order valence-electron chi connectivity index (χ3n) is 4.38. The zero-order valence-electron chi connectivity index (χ0n) is 16.1. The number of hydrogen-bond acceptors (Lipinski definition) is 6. The fourth-order valence-corrected chi connectivity index (χ4v) is 4.18. The molecule has 154 valence electrons. The van der Waals surface area contributed by atoms with Crippen LogP contribution in [0.25, 0.3) is 10.2 Å². The monoisotopic (exact) mass is 453 g/mol. The number of likely N-dealkylation sites (N-methyl/N-ethyl adjacent to an activating group) is 1. The fraction of sp³-hybridized carbons (Fsp3) is 0.300. The van der Waals surface area contributed by atoms with Crippen molar-refractivity contribution in [3.63, 3.8) is 0 Å². The van der Waals surface area contributed by atoms with Gasteiger partial charge in [-0.25, -0.2) is 4.98 Å². The first-order chi connectivity index (χ1) is 13.5. The van der Waals surface area contributed by atoms with E-state index in [0.717, 1.165) is 10.2 Å². The van der Waals surface area contributed by atoms with E-state index in [2.05, 4.69) is 4.98 Å². The number of carbonyl (C=O) groups excluding carboxylic acids is 1. The highest BCUT2D eigenvalue weighted by Crippen LogP contribution is 2.34. The number of amides is 1. The molecule has 0 saturated heterocycles. The summed E-state index contributed by atoms with van der Waals surface area (Å²) in [5.41, 5.74) is 1.37.